The Hall–Kier alpha value is -1.14. The summed E-state index contributed by atoms with van der Waals surface area (Å²) in [5, 5.41) is 11.0. The van der Waals surface area contributed by atoms with Gasteiger partial charge in [-0.3, -0.25) is 10.1 Å². The summed E-state index contributed by atoms with van der Waals surface area (Å²) in [5.74, 6) is 0. The molecule has 0 aliphatic carbocycles. The van der Waals surface area contributed by atoms with Crippen molar-refractivity contribution in [3.63, 3.8) is 0 Å². The molecule has 1 aliphatic heterocycles. The van der Waals surface area contributed by atoms with Gasteiger partial charge >= 0.3 is 0 Å². The molecule has 2 N–H and O–H groups in total. The quantitative estimate of drug-likeness (QED) is 0.672. The second-order valence-electron chi connectivity index (χ2n) is 4.28. The molecular formula is C11H14BrN3O2. The van der Waals surface area contributed by atoms with Crippen molar-refractivity contribution < 1.29 is 4.92 Å². The second-order valence-corrected chi connectivity index (χ2v) is 5.19. The Morgan fingerprint density at radius 3 is 2.82 bits per heavy atom. The van der Waals surface area contributed by atoms with Gasteiger partial charge in [0, 0.05) is 29.2 Å². The Kier molecular flexibility index (Phi) is 3.35. The fourth-order valence-corrected chi connectivity index (χ4v) is 2.53. The van der Waals surface area contributed by atoms with Crippen LogP contribution in [-0.4, -0.2) is 23.6 Å². The summed E-state index contributed by atoms with van der Waals surface area (Å²) in [6.45, 7) is 2.77. The standard InChI is InChI=1S/C11H14BrN3O2/c1-7-9(13)4-5-14(7)11-6-8(12)2-3-10(11)15(16)17/h2-3,6-7,9H,4-5,13H2,1H3. The van der Waals surface area contributed by atoms with Crippen LogP contribution >= 0.6 is 15.9 Å². The Morgan fingerprint density at radius 2 is 2.29 bits per heavy atom. The number of hydrogen-bond donors (Lipinski definition) is 1. The van der Waals surface area contributed by atoms with Crippen LogP contribution in [0.1, 0.15) is 13.3 Å². The minimum Gasteiger partial charge on any atom is -0.362 e. The molecule has 2 unspecified atom stereocenters. The van der Waals surface area contributed by atoms with Gasteiger partial charge in [-0.2, -0.15) is 0 Å². The Morgan fingerprint density at radius 1 is 1.59 bits per heavy atom. The lowest BCUT2D eigenvalue weighted by Gasteiger charge is -2.25. The van der Waals surface area contributed by atoms with Crippen molar-refractivity contribution >= 4 is 27.3 Å². The van der Waals surface area contributed by atoms with E-state index in [1.807, 2.05) is 11.8 Å². The molecule has 0 amide bonds. The van der Waals surface area contributed by atoms with E-state index in [0.717, 1.165) is 17.4 Å². The third-order valence-electron chi connectivity index (χ3n) is 3.26. The zero-order valence-electron chi connectivity index (χ0n) is 9.47. The number of nitrogens with two attached hydrogens (primary N) is 1. The summed E-state index contributed by atoms with van der Waals surface area (Å²) in [6.07, 6.45) is 0.866. The molecule has 0 saturated carbocycles. The van der Waals surface area contributed by atoms with Gasteiger partial charge in [-0.15, -0.1) is 0 Å². The Bertz CT molecular complexity index is 452. The average molecular weight is 300 g/mol. The fraction of sp³-hybridized carbons (Fsp3) is 0.455. The predicted molar refractivity (Wildman–Crippen MR) is 70.2 cm³/mol. The topological polar surface area (TPSA) is 72.4 Å². The summed E-state index contributed by atoms with van der Waals surface area (Å²) in [6, 6.07) is 5.20. The van der Waals surface area contributed by atoms with E-state index in [1.54, 1.807) is 12.1 Å². The molecule has 0 spiro atoms. The number of benzene rings is 1. The van der Waals surface area contributed by atoms with Crippen LogP contribution in [0, 0.1) is 10.1 Å². The molecule has 0 bridgehead atoms. The number of anilines is 1. The van der Waals surface area contributed by atoms with Crippen LogP contribution in [0.5, 0.6) is 0 Å². The second kappa shape index (κ2) is 4.62. The largest absolute Gasteiger partial charge is 0.362 e. The van der Waals surface area contributed by atoms with Gasteiger partial charge in [-0.05, 0) is 25.5 Å². The first-order chi connectivity index (χ1) is 8.00. The number of nitro benzene ring substituents is 1. The van der Waals surface area contributed by atoms with Crippen LogP contribution in [0.4, 0.5) is 11.4 Å². The molecule has 1 aromatic carbocycles. The molecule has 6 heteroatoms. The zero-order chi connectivity index (χ0) is 12.6. The molecule has 1 aromatic rings. The Labute approximate surface area is 108 Å². The normalized spacial score (nSPS) is 24.1. The molecule has 17 heavy (non-hydrogen) atoms. The zero-order valence-corrected chi connectivity index (χ0v) is 11.1. The highest BCUT2D eigenvalue weighted by atomic mass is 79.9. The minimum atomic E-state index is -0.349. The van der Waals surface area contributed by atoms with E-state index in [2.05, 4.69) is 15.9 Å². The molecule has 5 nitrogen and oxygen atoms in total. The van der Waals surface area contributed by atoms with Crippen LogP contribution < -0.4 is 10.6 Å². The van der Waals surface area contributed by atoms with Crippen molar-refractivity contribution in [1.82, 2.24) is 0 Å². The highest BCUT2D eigenvalue weighted by Gasteiger charge is 2.31. The third kappa shape index (κ3) is 2.28. The van der Waals surface area contributed by atoms with Gasteiger partial charge in [-0.1, -0.05) is 15.9 Å². The van der Waals surface area contributed by atoms with Gasteiger partial charge in [-0.25, -0.2) is 0 Å². The van der Waals surface area contributed by atoms with Gasteiger partial charge in [0.05, 0.1) is 4.92 Å². The molecular weight excluding hydrogens is 286 g/mol. The predicted octanol–water partition coefficient (Wildman–Crippen LogP) is 2.28. The first kappa shape index (κ1) is 12.3. The van der Waals surface area contributed by atoms with Crippen molar-refractivity contribution in [3.05, 3.63) is 32.8 Å². The van der Waals surface area contributed by atoms with Crippen molar-refractivity contribution in [2.75, 3.05) is 11.4 Å². The van der Waals surface area contributed by atoms with Crippen LogP contribution in [0.2, 0.25) is 0 Å². The maximum absolute atomic E-state index is 11.0. The number of nitrogens with zero attached hydrogens (tertiary/aromatic N) is 2. The molecule has 92 valence electrons. The highest BCUT2D eigenvalue weighted by Crippen LogP contribution is 2.35. The molecule has 2 rings (SSSR count). The summed E-state index contributed by atoms with van der Waals surface area (Å²) < 4.78 is 0.839. The number of rotatable bonds is 2. The van der Waals surface area contributed by atoms with Gasteiger partial charge in [0.15, 0.2) is 0 Å². The van der Waals surface area contributed by atoms with Gasteiger partial charge in [0.1, 0.15) is 5.69 Å². The number of halogens is 1. The number of hydrogen-bond acceptors (Lipinski definition) is 4. The molecule has 1 aliphatic rings. The summed E-state index contributed by atoms with van der Waals surface area (Å²) in [7, 11) is 0. The summed E-state index contributed by atoms with van der Waals surface area (Å²) in [4.78, 5) is 12.7. The first-order valence-corrected chi connectivity index (χ1v) is 6.26. The van der Waals surface area contributed by atoms with E-state index in [4.69, 9.17) is 5.73 Å². The van der Waals surface area contributed by atoms with Crippen LogP contribution in [0.3, 0.4) is 0 Å². The average Bonchev–Trinajstić information content (AvgIpc) is 2.59. The van der Waals surface area contributed by atoms with Crippen LogP contribution in [-0.2, 0) is 0 Å². The smallest absolute Gasteiger partial charge is 0.292 e. The number of nitro groups is 1. The maximum Gasteiger partial charge on any atom is 0.292 e. The van der Waals surface area contributed by atoms with E-state index in [9.17, 15) is 10.1 Å². The SMILES string of the molecule is CC1C(N)CCN1c1cc(Br)ccc1[N+](=O)[O-]. The van der Waals surface area contributed by atoms with Gasteiger partial charge < -0.3 is 10.6 Å². The summed E-state index contributed by atoms with van der Waals surface area (Å²) >= 11 is 3.35. The van der Waals surface area contributed by atoms with E-state index in [1.165, 1.54) is 6.07 Å². The lowest BCUT2D eigenvalue weighted by molar-refractivity contribution is -0.384. The van der Waals surface area contributed by atoms with E-state index < -0.39 is 0 Å². The van der Waals surface area contributed by atoms with Crippen LogP contribution in [0.15, 0.2) is 22.7 Å². The highest BCUT2D eigenvalue weighted by molar-refractivity contribution is 9.10. The van der Waals surface area contributed by atoms with E-state index in [0.29, 0.717) is 5.69 Å². The molecule has 2 atom stereocenters. The molecule has 0 aromatic heterocycles. The molecule has 1 heterocycles. The lowest BCUT2D eigenvalue weighted by Crippen LogP contribution is -2.37. The van der Waals surface area contributed by atoms with Gasteiger partial charge in [0.25, 0.3) is 5.69 Å². The monoisotopic (exact) mass is 299 g/mol. The van der Waals surface area contributed by atoms with Gasteiger partial charge in [0.2, 0.25) is 0 Å². The molecule has 1 saturated heterocycles. The molecule has 0 radical (unpaired) electrons. The summed E-state index contributed by atoms with van der Waals surface area (Å²) in [5.41, 5.74) is 6.72. The van der Waals surface area contributed by atoms with E-state index >= 15 is 0 Å². The van der Waals surface area contributed by atoms with Crippen molar-refractivity contribution in [2.45, 2.75) is 25.4 Å². The lowest BCUT2D eigenvalue weighted by atomic mass is 10.1. The molecule has 1 fully saturated rings. The minimum absolute atomic E-state index is 0.0774. The first-order valence-electron chi connectivity index (χ1n) is 5.47. The van der Waals surface area contributed by atoms with Crippen molar-refractivity contribution in [2.24, 2.45) is 5.73 Å². The third-order valence-corrected chi connectivity index (χ3v) is 3.75. The van der Waals surface area contributed by atoms with E-state index in [-0.39, 0.29) is 22.7 Å². The Balaban J connectivity index is 2.43. The van der Waals surface area contributed by atoms with Crippen molar-refractivity contribution in [1.29, 1.82) is 0 Å². The fourth-order valence-electron chi connectivity index (χ4n) is 2.18. The maximum atomic E-state index is 11.0. The van der Waals surface area contributed by atoms with Crippen LogP contribution in [0.25, 0.3) is 0 Å². The van der Waals surface area contributed by atoms with Crippen molar-refractivity contribution in [3.8, 4) is 0 Å².